The third kappa shape index (κ3) is 4.03. The molecule has 0 spiro atoms. The molecule has 0 radical (unpaired) electrons. The fraction of sp³-hybridized carbons (Fsp3) is 0.190. The zero-order chi connectivity index (χ0) is 19.3. The van der Waals surface area contributed by atoms with Crippen molar-refractivity contribution in [3.63, 3.8) is 0 Å². The Morgan fingerprint density at radius 3 is 2.75 bits per heavy atom. The van der Waals surface area contributed by atoms with E-state index in [1.807, 2.05) is 25.2 Å². The Kier molecular flexibility index (Phi) is 5.05. The average Bonchev–Trinajstić information content (AvgIpc) is 3.21. The van der Waals surface area contributed by atoms with E-state index in [9.17, 15) is 4.79 Å². The van der Waals surface area contributed by atoms with E-state index in [0.29, 0.717) is 22.7 Å². The molecule has 0 saturated carbocycles. The molecule has 1 aliphatic rings. The van der Waals surface area contributed by atoms with Crippen LogP contribution in [0.5, 0.6) is 11.5 Å². The number of amides is 1. The number of anilines is 2. The first kappa shape index (κ1) is 17.8. The molecular weight excluding hydrogens is 356 g/mol. The van der Waals surface area contributed by atoms with Crippen molar-refractivity contribution in [2.45, 2.75) is 6.42 Å². The van der Waals surface area contributed by atoms with E-state index in [0.717, 1.165) is 18.7 Å². The summed E-state index contributed by atoms with van der Waals surface area (Å²) in [6, 6.07) is 11.1. The minimum atomic E-state index is -0.226. The number of ether oxygens (including phenoxy) is 2. The second-order valence-corrected chi connectivity index (χ2v) is 6.48. The summed E-state index contributed by atoms with van der Waals surface area (Å²) in [5.74, 6) is 1.08. The maximum absolute atomic E-state index is 12.6. The van der Waals surface area contributed by atoms with E-state index in [4.69, 9.17) is 9.47 Å². The van der Waals surface area contributed by atoms with Gasteiger partial charge in [-0.1, -0.05) is 0 Å². The number of pyridine rings is 2. The van der Waals surface area contributed by atoms with Gasteiger partial charge < -0.3 is 19.7 Å². The lowest BCUT2D eigenvalue weighted by molar-refractivity contribution is 0.102. The van der Waals surface area contributed by atoms with Gasteiger partial charge in [0.05, 0.1) is 17.4 Å². The number of nitrogens with zero attached hydrogens (tertiary/aromatic N) is 3. The molecule has 0 unspecified atom stereocenters. The first-order chi connectivity index (χ1) is 13.7. The van der Waals surface area contributed by atoms with Crippen molar-refractivity contribution in [3.8, 4) is 11.5 Å². The fourth-order valence-corrected chi connectivity index (χ4v) is 2.91. The molecule has 4 rings (SSSR count). The molecule has 1 aromatic carbocycles. The van der Waals surface area contributed by atoms with Crippen LogP contribution in [0.15, 0.2) is 61.2 Å². The van der Waals surface area contributed by atoms with Crippen molar-refractivity contribution >= 4 is 17.3 Å². The number of carbonyl (C=O) groups is 1. The third-order valence-electron chi connectivity index (χ3n) is 4.54. The van der Waals surface area contributed by atoms with Gasteiger partial charge in [0.1, 0.15) is 0 Å². The van der Waals surface area contributed by atoms with Crippen molar-refractivity contribution in [3.05, 3.63) is 72.3 Å². The summed E-state index contributed by atoms with van der Waals surface area (Å²) in [5, 5.41) is 2.87. The Bertz CT molecular complexity index is 978. The van der Waals surface area contributed by atoms with Gasteiger partial charge in [-0.2, -0.15) is 0 Å². The molecule has 0 bridgehead atoms. The third-order valence-corrected chi connectivity index (χ3v) is 4.54. The number of rotatable bonds is 6. The molecule has 142 valence electrons. The number of hydrogen-bond donors (Lipinski definition) is 1. The van der Waals surface area contributed by atoms with E-state index in [1.165, 1.54) is 5.56 Å². The van der Waals surface area contributed by atoms with Gasteiger partial charge in [0.25, 0.3) is 5.91 Å². The van der Waals surface area contributed by atoms with E-state index in [1.54, 1.807) is 43.0 Å². The summed E-state index contributed by atoms with van der Waals surface area (Å²) in [5.41, 5.74) is 3.23. The van der Waals surface area contributed by atoms with Crippen LogP contribution < -0.4 is 19.7 Å². The molecule has 0 saturated heterocycles. The monoisotopic (exact) mass is 376 g/mol. The lowest BCUT2D eigenvalue weighted by atomic mass is 10.2. The summed E-state index contributed by atoms with van der Waals surface area (Å²) in [4.78, 5) is 23.0. The number of fused-ring (bicyclic) bond motifs is 1. The Labute approximate surface area is 163 Å². The second-order valence-electron chi connectivity index (χ2n) is 6.48. The van der Waals surface area contributed by atoms with Gasteiger partial charge in [0.15, 0.2) is 11.5 Å². The SMILES string of the molecule is CN(CCc1ccncc1)c1cncc(C(=O)Nc2ccc3c(c2)OCO3)c1. The maximum Gasteiger partial charge on any atom is 0.257 e. The molecule has 0 fully saturated rings. The topological polar surface area (TPSA) is 76.6 Å². The van der Waals surface area contributed by atoms with Crippen LogP contribution in [0.1, 0.15) is 15.9 Å². The van der Waals surface area contributed by atoms with E-state index in [-0.39, 0.29) is 12.7 Å². The van der Waals surface area contributed by atoms with Gasteiger partial charge in [-0.05, 0) is 42.3 Å². The smallest absolute Gasteiger partial charge is 0.257 e. The zero-order valence-corrected chi connectivity index (χ0v) is 15.5. The number of nitrogens with one attached hydrogen (secondary N) is 1. The standard InChI is InChI=1S/C21H20N4O3/c1-25(9-6-15-4-7-22-8-5-15)18-10-16(12-23-13-18)21(26)24-17-2-3-19-20(11-17)28-14-27-19/h2-5,7-8,10-13H,6,9,14H2,1H3,(H,24,26). The van der Waals surface area contributed by atoms with Gasteiger partial charge in [-0.25, -0.2) is 0 Å². The van der Waals surface area contributed by atoms with Crippen molar-refractivity contribution in [2.24, 2.45) is 0 Å². The van der Waals surface area contributed by atoms with E-state index < -0.39 is 0 Å². The highest BCUT2D eigenvalue weighted by Gasteiger charge is 2.15. The van der Waals surface area contributed by atoms with Crippen LogP contribution in [0, 0.1) is 0 Å². The predicted octanol–water partition coefficient (Wildman–Crippen LogP) is 3.14. The van der Waals surface area contributed by atoms with Crippen molar-refractivity contribution < 1.29 is 14.3 Å². The Morgan fingerprint density at radius 1 is 1.07 bits per heavy atom. The average molecular weight is 376 g/mol. The van der Waals surface area contributed by atoms with E-state index >= 15 is 0 Å². The molecule has 0 aliphatic carbocycles. The molecule has 3 heterocycles. The maximum atomic E-state index is 12.6. The summed E-state index contributed by atoms with van der Waals surface area (Å²) in [6.07, 6.45) is 7.77. The molecule has 1 aliphatic heterocycles. The van der Waals surface area contributed by atoms with Crippen molar-refractivity contribution in [1.82, 2.24) is 9.97 Å². The first-order valence-electron chi connectivity index (χ1n) is 8.95. The molecule has 1 amide bonds. The highest BCUT2D eigenvalue weighted by atomic mass is 16.7. The molecule has 1 N–H and O–H groups in total. The summed E-state index contributed by atoms with van der Waals surface area (Å²) >= 11 is 0. The largest absolute Gasteiger partial charge is 0.454 e. The van der Waals surface area contributed by atoms with Crippen LogP contribution in [0.25, 0.3) is 0 Å². The summed E-state index contributed by atoms with van der Waals surface area (Å²) in [6.45, 7) is 1.00. The molecule has 2 aromatic heterocycles. The van der Waals surface area contributed by atoms with Crippen LogP contribution in [-0.2, 0) is 6.42 Å². The Morgan fingerprint density at radius 2 is 1.89 bits per heavy atom. The number of aromatic nitrogens is 2. The van der Waals surface area contributed by atoms with Crippen LogP contribution >= 0.6 is 0 Å². The Balaban J connectivity index is 1.41. The van der Waals surface area contributed by atoms with Gasteiger partial charge in [-0.15, -0.1) is 0 Å². The fourth-order valence-electron chi connectivity index (χ4n) is 2.91. The molecule has 7 heteroatoms. The first-order valence-corrected chi connectivity index (χ1v) is 8.95. The van der Waals surface area contributed by atoms with Crippen LogP contribution in [0.3, 0.4) is 0 Å². The van der Waals surface area contributed by atoms with Gasteiger partial charge >= 0.3 is 0 Å². The number of benzene rings is 1. The molecule has 3 aromatic rings. The summed E-state index contributed by atoms with van der Waals surface area (Å²) in [7, 11) is 1.98. The normalized spacial score (nSPS) is 11.9. The lowest BCUT2D eigenvalue weighted by Gasteiger charge is -2.19. The minimum Gasteiger partial charge on any atom is -0.454 e. The molecule has 28 heavy (non-hydrogen) atoms. The Hall–Kier alpha value is -3.61. The van der Waals surface area contributed by atoms with Crippen LogP contribution in [0.2, 0.25) is 0 Å². The highest BCUT2D eigenvalue weighted by molar-refractivity contribution is 6.04. The van der Waals surface area contributed by atoms with E-state index in [2.05, 4.69) is 20.2 Å². The van der Waals surface area contributed by atoms with Crippen LogP contribution in [0.4, 0.5) is 11.4 Å². The number of likely N-dealkylation sites (N-methyl/N-ethyl adjacent to an activating group) is 1. The highest BCUT2D eigenvalue weighted by Crippen LogP contribution is 2.34. The predicted molar refractivity (Wildman–Crippen MR) is 106 cm³/mol. The minimum absolute atomic E-state index is 0.199. The van der Waals surface area contributed by atoms with Crippen molar-refractivity contribution in [2.75, 3.05) is 30.6 Å². The van der Waals surface area contributed by atoms with Gasteiger partial charge in [-0.3, -0.25) is 14.8 Å². The molecule has 0 atom stereocenters. The zero-order valence-electron chi connectivity index (χ0n) is 15.5. The second kappa shape index (κ2) is 7.96. The number of carbonyl (C=O) groups excluding carboxylic acids is 1. The molecule has 7 nitrogen and oxygen atoms in total. The van der Waals surface area contributed by atoms with Gasteiger partial charge in [0, 0.05) is 43.9 Å². The van der Waals surface area contributed by atoms with Gasteiger partial charge in [0.2, 0.25) is 6.79 Å². The van der Waals surface area contributed by atoms with Crippen LogP contribution in [-0.4, -0.2) is 36.3 Å². The van der Waals surface area contributed by atoms with Crippen molar-refractivity contribution in [1.29, 1.82) is 0 Å². The molecular formula is C21H20N4O3. The number of hydrogen-bond acceptors (Lipinski definition) is 6. The quantitative estimate of drug-likeness (QED) is 0.712. The lowest BCUT2D eigenvalue weighted by Crippen LogP contribution is -2.21. The summed E-state index contributed by atoms with van der Waals surface area (Å²) < 4.78 is 10.6.